The van der Waals surface area contributed by atoms with Crippen LogP contribution in [-0.4, -0.2) is 22.5 Å². The molecule has 2 rings (SSSR count). The second-order valence-electron chi connectivity index (χ2n) is 6.19. The molecule has 0 bridgehead atoms. The Morgan fingerprint density at radius 3 is 2.33 bits per heavy atom. The van der Waals surface area contributed by atoms with Crippen molar-refractivity contribution in [3.05, 3.63) is 35.9 Å². The Bertz CT molecular complexity index is 504. The zero-order chi connectivity index (χ0) is 15.5. The fraction of sp³-hybridized carbons (Fsp3) is 0.529. The molecule has 4 nitrogen and oxygen atoms in total. The highest BCUT2D eigenvalue weighted by atomic mass is 16.4. The molecular formula is C17H23NO3. The van der Waals surface area contributed by atoms with E-state index in [2.05, 4.69) is 12.2 Å². The summed E-state index contributed by atoms with van der Waals surface area (Å²) in [6.45, 7) is 3.94. The van der Waals surface area contributed by atoms with Crippen LogP contribution in [0.25, 0.3) is 0 Å². The minimum atomic E-state index is -1.09. The summed E-state index contributed by atoms with van der Waals surface area (Å²) in [7, 11) is 0. The van der Waals surface area contributed by atoms with Crippen molar-refractivity contribution >= 4 is 11.9 Å². The highest BCUT2D eigenvalue weighted by Crippen LogP contribution is 2.33. The van der Waals surface area contributed by atoms with Gasteiger partial charge in [0.1, 0.15) is 5.54 Å². The molecule has 1 saturated carbocycles. The predicted molar refractivity (Wildman–Crippen MR) is 81.0 cm³/mol. The number of carboxylic acids is 1. The van der Waals surface area contributed by atoms with Crippen LogP contribution < -0.4 is 5.32 Å². The van der Waals surface area contributed by atoms with Gasteiger partial charge < -0.3 is 10.4 Å². The summed E-state index contributed by atoms with van der Waals surface area (Å²) in [5.41, 5.74) is -0.188. The Morgan fingerprint density at radius 1 is 1.24 bits per heavy atom. The van der Waals surface area contributed by atoms with Crippen molar-refractivity contribution in [2.45, 2.75) is 51.0 Å². The molecule has 1 aromatic rings. The van der Waals surface area contributed by atoms with Gasteiger partial charge in [-0.2, -0.15) is 0 Å². The van der Waals surface area contributed by atoms with Gasteiger partial charge >= 0.3 is 5.97 Å². The fourth-order valence-electron chi connectivity index (χ4n) is 2.88. The first-order valence-electron chi connectivity index (χ1n) is 7.55. The van der Waals surface area contributed by atoms with Gasteiger partial charge in [0, 0.05) is 0 Å². The fourth-order valence-corrected chi connectivity index (χ4v) is 2.88. The van der Waals surface area contributed by atoms with Crippen molar-refractivity contribution in [2.75, 3.05) is 0 Å². The first-order valence-corrected chi connectivity index (χ1v) is 7.55. The lowest BCUT2D eigenvalue weighted by molar-refractivity contribution is -0.149. The molecule has 114 valence electrons. The van der Waals surface area contributed by atoms with Gasteiger partial charge in [0.25, 0.3) is 0 Å². The molecule has 0 radical (unpaired) electrons. The zero-order valence-electron chi connectivity index (χ0n) is 12.6. The smallest absolute Gasteiger partial charge is 0.329 e. The number of hydrogen-bond donors (Lipinski definition) is 2. The molecule has 1 atom stereocenters. The average Bonchev–Trinajstić information content (AvgIpc) is 2.49. The van der Waals surface area contributed by atoms with Crippen molar-refractivity contribution in [3.8, 4) is 0 Å². The van der Waals surface area contributed by atoms with Gasteiger partial charge in [-0.3, -0.25) is 4.79 Å². The molecule has 0 spiro atoms. The number of carbonyl (C=O) groups is 2. The highest BCUT2D eigenvalue weighted by Gasteiger charge is 2.43. The summed E-state index contributed by atoms with van der Waals surface area (Å²) >= 11 is 0. The molecule has 0 aromatic heterocycles. The lowest BCUT2D eigenvalue weighted by Crippen LogP contribution is -2.57. The summed E-state index contributed by atoms with van der Waals surface area (Å²) in [6, 6.07) is 9.44. The summed E-state index contributed by atoms with van der Waals surface area (Å²) in [4.78, 5) is 24.1. The third-order valence-electron chi connectivity index (χ3n) is 4.59. The molecule has 4 heteroatoms. The number of benzene rings is 1. The van der Waals surface area contributed by atoms with Crippen LogP contribution in [0, 0.1) is 5.92 Å². The van der Waals surface area contributed by atoms with Gasteiger partial charge in [-0.05, 0) is 44.1 Å². The summed E-state index contributed by atoms with van der Waals surface area (Å²) in [5, 5.41) is 12.4. The molecule has 0 aliphatic heterocycles. The average molecular weight is 289 g/mol. The van der Waals surface area contributed by atoms with E-state index in [1.165, 1.54) is 0 Å². The van der Waals surface area contributed by atoms with Crippen LogP contribution in [0.15, 0.2) is 30.3 Å². The molecule has 1 aliphatic carbocycles. The van der Waals surface area contributed by atoms with Crippen LogP contribution in [0.4, 0.5) is 0 Å². The predicted octanol–water partition coefficient (Wildman–Crippen LogP) is 2.94. The maximum absolute atomic E-state index is 12.4. The van der Waals surface area contributed by atoms with Crippen LogP contribution in [0.5, 0.6) is 0 Å². The topological polar surface area (TPSA) is 66.4 Å². The standard InChI is InChI=1S/C17H23NO3/c1-12-8-10-17(11-9-12,16(20)21)18-15(19)13(2)14-6-4-3-5-7-14/h3-7,12-13H,8-11H2,1-2H3,(H,18,19)(H,20,21). The molecule has 1 unspecified atom stereocenters. The van der Waals surface area contributed by atoms with Gasteiger partial charge in [-0.15, -0.1) is 0 Å². The van der Waals surface area contributed by atoms with E-state index in [1.54, 1.807) is 0 Å². The monoisotopic (exact) mass is 289 g/mol. The van der Waals surface area contributed by atoms with E-state index < -0.39 is 11.5 Å². The van der Waals surface area contributed by atoms with Gasteiger partial charge in [0.2, 0.25) is 5.91 Å². The second kappa shape index (κ2) is 6.29. The Kier molecular flexibility index (Phi) is 4.66. The molecule has 1 aliphatic rings. The first-order chi connectivity index (χ1) is 9.94. The molecule has 1 amide bonds. The third kappa shape index (κ3) is 3.43. The van der Waals surface area contributed by atoms with Crippen LogP contribution in [-0.2, 0) is 9.59 Å². The maximum atomic E-state index is 12.4. The van der Waals surface area contributed by atoms with Crippen molar-refractivity contribution < 1.29 is 14.7 Å². The number of aliphatic carboxylic acids is 1. The number of amides is 1. The lowest BCUT2D eigenvalue weighted by atomic mass is 9.76. The van der Waals surface area contributed by atoms with Crippen LogP contribution >= 0.6 is 0 Å². The summed E-state index contributed by atoms with van der Waals surface area (Å²) in [6.07, 6.45) is 2.70. The molecular weight excluding hydrogens is 266 g/mol. The van der Waals surface area contributed by atoms with E-state index in [0.29, 0.717) is 18.8 Å². The van der Waals surface area contributed by atoms with Gasteiger partial charge in [-0.25, -0.2) is 4.79 Å². The van der Waals surface area contributed by atoms with Crippen molar-refractivity contribution in [1.29, 1.82) is 0 Å². The quantitative estimate of drug-likeness (QED) is 0.895. The first kappa shape index (κ1) is 15.5. The number of carboxylic acid groups (broad SMARTS) is 1. The van der Waals surface area contributed by atoms with E-state index in [9.17, 15) is 14.7 Å². The third-order valence-corrected chi connectivity index (χ3v) is 4.59. The zero-order valence-corrected chi connectivity index (χ0v) is 12.6. The van der Waals surface area contributed by atoms with E-state index in [0.717, 1.165) is 18.4 Å². The minimum absolute atomic E-state index is 0.210. The van der Waals surface area contributed by atoms with Crippen LogP contribution in [0.3, 0.4) is 0 Å². The SMILES string of the molecule is CC1CCC(NC(=O)C(C)c2ccccc2)(C(=O)O)CC1. The number of hydrogen-bond acceptors (Lipinski definition) is 2. The largest absolute Gasteiger partial charge is 0.480 e. The summed E-state index contributed by atoms with van der Waals surface area (Å²) in [5.74, 6) is -0.941. The Morgan fingerprint density at radius 2 is 1.81 bits per heavy atom. The Hall–Kier alpha value is -1.84. The lowest BCUT2D eigenvalue weighted by Gasteiger charge is -2.37. The second-order valence-corrected chi connectivity index (χ2v) is 6.19. The van der Waals surface area contributed by atoms with Crippen molar-refractivity contribution in [2.24, 2.45) is 5.92 Å². The van der Waals surface area contributed by atoms with E-state index >= 15 is 0 Å². The molecule has 1 aromatic carbocycles. The van der Waals surface area contributed by atoms with Gasteiger partial charge in [-0.1, -0.05) is 37.3 Å². The van der Waals surface area contributed by atoms with E-state index in [4.69, 9.17) is 0 Å². The van der Waals surface area contributed by atoms with Crippen molar-refractivity contribution in [3.63, 3.8) is 0 Å². The summed E-state index contributed by atoms with van der Waals surface area (Å²) < 4.78 is 0. The number of carbonyl (C=O) groups excluding carboxylic acids is 1. The highest BCUT2D eigenvalue weighted by molar-refractivity contribution is 5.90. The van der Waals surface area contributed by atoms with Crippen LogP contribution in [0.1, 0.15) is 51.0 Å². The molecule has 0 saturated heterocycles. The van der Waals surface area contributed by atoms with E-state index in [1.807, 2.05) is 37.3 Å². The van der Waals surface area contributed by atoms with Crippen molar-refractivity contribution in [1.82, 2.24) is 5.32 Å². The molecule has 2 N–H and O–H groups in total. The molecule has 0 heterocycles. The number of rotatable bonds is 4. The van der Waals surface area contributed by atoms with E-state index in [-0.39, 0.29) is 11.8 Å². The molecule has 1 fully saturated rings. The van der Waals surface area contributed by atoms with Crippen LogP contribution in [0.2, 0.25) is 0 Å². The van der Waals surface area contributed by atoms with Gasteiger partial charge in [0.05, 0.1) is 5.92 Å². The Balaban J connectivity index is 2.10. The van der Waals surface area contributed by atoms with Gasteiger partial charge in [0.15, 0.2) is 0 Å². The Labute approximate surface area is 125 Å². The maximum Gasteiger partial charge on any atom is 0.329 e. The molecule has 21 heavy (non-hydrogen) atoms. The normalized spacial score (nSPS) is 26.9. The minimum Gasteiger partial charge on any atom is -0.480 e. The number of nitrogens with one attached hydrogen (secondary N) is 1.